The summed E-state index contributed by atoms with van der Waals surface area (Å²) < 4.78 is 0. The van der Waals surface area contributed by atoms with E-state index in [-0.39, 0.29) is 17.1 Å². The Balaban J connectivity index is 0.000000208. The summed E-state index contributed by atoms with van der Waals surface area (Å²) in [7, 11) is 0. The summed E-state index contributed by atoms with van der Waals surface area (Å²) in [5, 5.41) is 0. The van der Waals surface area contributed by atoms with Crippen molar-refractivity contribution in [2.75, 3.05) is 19.6 Å². The maximum absolute atomic E-state index is 2.25. The quantitative estimate of drug-likeness (QED) is 0.159. The van der Waals surface area contributed by atoms with E-state index in [1.807, 2.05) is 0 Å². The van der Waals surface area contributed by atoms with Crippen molar-refractivity contribution in [3.8, 4) is 0 Å². The molecule has 0 N–H and O–H groups in total. The van der Waals surface area contributed by atoms with Gasteiger partial charge in [0, 0.05) is 22.7 Å². The molecule has 0 spiro atoms. The monoisotopic (exact) mass is 666 g/mol. The van der Waals surface area contributed by atoms with Crippen molar-refractivity contribution in [1.29, 1.82) is 0 Å². The second-order valence-electron chi connectivity index (χ2n) is 13.4. The van der Waals surface area contributed by atoms with Crippen molar-refractivity contribution in [2.45, 2.75) is 83.1 Å². The molecule has 0 atom stereocenters. The molecule has 6 rings (SSSR count). The van der Waals surface area contributed by atoms with Gasteiger partial charge in [-0.25, -0.2) is 0 Å². The van der Waals surface area contributed by atoms with E-state index < -0.39 is 0 Å². The molecule has 0 saturated carbocycles. The van der Waals surface area contributed by atoms with Crippen LogP contribution in [0.2, 0.25) is 0 Å². The van der Waals surface area contributed by atoms with Gasteiger partial charge in [-0.1, -0.05) is 70.8 Å². The Bertz CT molecular complexity index is 1490. The first kappa shape index (κ1) is 35.9. The minimum atomic E-state index is 0. The molecule has 0 unspecified atom stereocenters. The van der Waals surface area contributed by atoms with Gasteiger partial charge < -0.3 is 19.6 Å². The van der Waals surface area contributed by atoms with Crippen LogP contribution in [0.4, 0.5) is 22.7 Å². The molecular formula is C42H50FeN4. The van der Waals surface area contributed by atoms with Crippen molar-refractivity contribution < 1.29 is 17.1 Å². The Morgan fingerprint density at radius 2 is 0.447 bits per heavy atom. The number of rotatable bonds is 4. The van der Waals surface area contributed by atoms with Crippen LogP contribution in [0.1, 0.15) is 66.8 Å². The minimum absolute atomic E-state index is 0. The maximum atomic E-state index is 2.25. The summed E-state index contributed by atoms with van der Waals surface area (Å²) >= 11 is 0. The molecule has 0 aromatic heterocycles. The predicted molar refractivity (Wildman–Crippen MR) is 199 cm³/mol. The summed E-state index contributed by atoms with van der Waals surface area (Å²) in [6.07, 6.45) is 8.57. The molecule has 2 aliphatic rings. The molecule has 5 heteroatoms. The van der Waals surface area contributed by atoms with Crippen LogP contribution in [0.25, 0.3) is 0 Å². The Labute approximate surface area is 294 Å². The number of benzene rings is 4. The largest absolute Gasteiger partial charge is 2.00 e. The van der Waals surface area contributed by atoms with Gasteiger partial charge in [-0.3, -0.25) is 0 Å². The fourth-order valence-electron chi connectivity index (χ4n) is 7.56. The van der Waals surface area contributed by atoms with Crippen molar-refractivity contribution in [3.63, 3.8) is 0 Å². The van der Waals surface area contributed by atoms with Gasteiger partial charge in [-0.05, 0) is 152 Å². The Morgan fingerprint density at radius 1 is 0.298 bits per heavy atom. The molecule has 246 valence electrons. The smallest absolute Gasteiger partial charge is 0.479 e. The molecule has 4 aromatic carbocycles. The number of anilines is 4. The second kappa shape index (κ2) is 14.5. The topological polar surface area (TPSA) is 13.0 Å². The van der Waals surface area contributed by atoms with E-state index in [4.69, 9.17) is 0 Å². The molecule has 2 heterocycles. The van der Waals surface area contributed by atoms with Crippen LogP contribution < -0.4 is 19.6 Å². The average molecular weight is 667 g/mol. The van der Waals surface area contributed by atoms with Gasteiger partial charge in [0.1, 0.15) is 0 Å². The van der Waals surface area contributed by atoms with Gasteiger partial charge in [0.05, 0.1) is 0 Å². The van der Waals surface area contributed by atoms with Gasteiger partial charge in [0.25, 0.3) is 0 Å². The van der Waals surface area contributed by atoms with Crippen molar-refractivity contribution >= 4 is 22.7 Å². The SMILES string of the molecule is Cc1cc(C)c(N2C=CN(c3c(C)cc(C)cc3C)[CH-]2)c(C)c1.Cc1cc(C)c(N2C=CN(c3c(C)cc(C)cc3C)[CH-]2)c(C)c1.[Fe+2]. The maximum Gasteiger partial charge on any atom is 2.00 e. The van der Waals surface area contributed by atoms with Gasteiger partial charge in [-0.2, -0.15) is 0 Å². The normalized spacial score (nSPS) is 13.7. The molecule has 47 heavy (non-hydrogen) atoms. The molecule has 0 bridgehead atoms. The summed E-state index contributed by atoms with van der Waals surface area (Å²) in [4.78, 5) is 8.90. The molecule has 0 saturated heterocycles. The van der Waals surface area contributed by atoms with Crippen LogP contribution >= 0.6 is 0 Å². The molecule has 0 aliphatic carbocycles. The fraction of sp³-hybridized carbons (Fsp3) is 0.286. The van der Waals surface area contributed by atoms with Crippen molar-refractivity contribution in [3.05, 3.63) is 153 Å². The van der Waals surface area contributed by atoms with E-state index in [0.717, 1.165) is 0 Å². The molecule has 4 nitrogen and oxygen atoms in total. The standard InChI is InChI=1S/2C21H25N2.Fe/c2*1-14-9-16(3)20(17(4)10-14)22-7-8-23(13-22)21-18(5)11-15(2)12-19(21)6;/h2*7-13H,1-6H3;/q2*-1;+2. The van der Waals surface area contributed by atoms with Crippen LogP contribution in [0.5, 0.6) is 0 Å². The van der Waals surface area contributed by atoms with Gasteiger partial charge in [-0.15, -0.1) is 13.3 Å². The van der Waals surface area contributed by atoms with E-state index >= 15 is 0 Å². The van der Waals surface area contributed by atoms with Gasteiger partial charge in [0.15, 0.2) is 0 Å². The van der Waals surface area contributed by atoms with Crippen molar-refractivity contribution in [1.82, 2.24) is 0 Å². The van der Waals surface area contributed by atoms with Gasteiger partial charge in [0.2, 0.25) is 0 Å². The average Bonchev–Trinajstić information content (AvgIpc) is 3.57. The summed E-state index contributed by atoms with van der Waals surface area (Å²) in [5.74, 6) is 0. The summed E-state index contributed by atoms with van der Waals surface area (Å²) in [6, 6.07) is 18.0. The predicted octanol–water partition coefficient (Wildman–Crippen LogP) is 10.9. The molecule has 2 aliphatic heterocycles. The Hall–Kier alpha value is -3.92. The van der Waals surface area contributed by atoms with E-state index in [2.05, 4.69) is 189 Å². The molecule has 4 aromatic rings. The summed E-state index contributed by atoms with van der Waals surface area (Å²) in [6.45, 7) is 30.4. The zero-order valence-corrected chi connectivity index (χ0v) is 31.3. The van der Waals surface area contributed by atoms with Crippen LogP contribution in [0.3, 0.4) is 0 Å². The third-order valence-corrected chi connectivity index (χ3v) is 8.85. The second-order valence-corrected chi connectivity index (χ2v) is 13.4. The first-order chi connectivity index (χ1) is 21.7. The number of nitrogens with zero attached hydrogens (tertiary/aromatic N) is 4. The van der Waals surface area contributed by atoms with Crippen molar-refractivity contribution in [2.24, 2.45) is 0 Å². The molecule has 0 amide bonds. The van der Waals surface area contributed by atoms with Crippen LogP contribution in [-0.2, 0) is 17.1 Å². The third-order valence-electron chi connectivity index (χ3n) is 8.85. The third kappa shape index (κ3) is 7.64. The number of hydrogen-bond acceptors (Lipinski definition) is 4. The number of aryl methyl sites for hydroxylation is 12. The van der Waals surface area contributed by atoms with Gasteiger partial charge >= 0.3 is 17.1 Å². The van der Waals surface area contributed by atoms with E-state index in [1.165, 1.54) is 89.5 Å². The Kier molecular flexibility index (Phi) is 11.1. The first-order valence-electron chi connectivity index (χ1n) is 16.2. The van der Waals surface area contributed by atoms with Crippen LogP contribution in [-0.4, -0.2) is 0 Å². The molecule has 0 fully saturated rings. The minimum Gasteiger partial charge on any atom is -0.479 e. The zero-order valence-electron chi connectivity index (χ0n) is 30.2. The summed E-state index contributed by atoms with van der Waals surface area (Å²) in [5.41, 5.74) is 20.8. The van der Waals surface area contributed by atoms with E-state index in [1.54, 1.807) is 0 Å². The zero-order chi connectivity index (χ0) is 33.4. The van der Waals surface area contributed by atoms with Crippen LogP contribution in [0.15, 0.2) is 73.3 Å². The molecule has 0 radical (unpaired) electrons. The Morgan fingerprint density at radius 3 is 0.596 bits per heavy atom. The first-order valence-corrected chi connectivity index (χ1v) is 16.2. The number of hydrogen-bond donors (Lipinski definition) is 0. The van der Waals surface area contributed by atoms with E-state index in [9.17, 15) is 0 Å². The van der Waals surface area contributed by atoms with Crippen LogP contribution in [0, 0.1) is 96.4 Å². The van der Waals surface area contributed by atoms with E-state index in [0.29, 0.717) is 0 Å². The fourth-order valence-corrected chi connectivity index (χ4v) is 7.56. The molecular weight excluding hydrogens is 616 g/mol.